The fourth-order valence-corrected chi connectivity index (χ4v) is 6.00. The van der Waals surface area contributed by atoms with Gasteiger partial charge in [-0.25, -0.2) is 0 Å². The zero-order valence-electron chi connectivity index (χ0n) is 31.2. The van der Waals surface area contributed by atoms with Crippen molar-refractivity contribution in [3.8, 4) is 0 Å². The Kier molecular flexibility index (Phi) is 36.3. The molecule has 5 nitrogen and oxygen atoms in total. The van der Waals surface area contributed by atoms with Gasteiger partial charge in [0.25, 0.3) is 0 Å². The summed E-state index contributed by atoms with van der Waals surface area (Å²) >= 11 is 0. The van der Waals surface area contributed by atoms with E-state index in [-0.39, 0.29) is 5.91 Å². The minimum Gasteiger partial charge on any atom is -0.394 e. The van der Waals surface area contributed by atoms with Crippen molar-refractivity contribution >= 4 is 5.91 Å². The van der Waals surface area contributed by atoms with Crippen molar-refractivity contribution in [2.75, 3.05) is 6.61 Å². The van der Waals surface area contributed by atoms with Crippen LogP contribution in [0.1, 0.15) is 200 Å². The first-order valence-electron chi connectivity index (χ1n) is 20.3. The van der Waals surface area contributed by atoms with Crippen molar-refractivity contribution in [2.45, 2.75) is 218 Å². The topological polar surface area (TPSA) is 89.8 Å². The molecule has 0 spiro atoms. The van der Waals surface area contributed by atoms with Crippen LogP contribution in [0.15, 0.2) is 36.5 Å². The molecule has 0 aliphatic carbocycles. The lowest BCUT2D eigenvalue weighted by Gasteiger charge is -2.26. The van der Waals surface area contributed by atoms with E-state index in [1.165, 1.54) is 128 Å². The van der Waals surface area contributed by atoms with Gasteiger partial charge in [0.2, 0.25) is 5.91 Å². The van der Waals surface area contributed by atoms with Crippen LogP contribution < -0.4 is 5.32 Å². The van der Waals surface area contributed by atoms with E-state index in [0.717, 1.165) is 44.9 Å². The molecule has 0 aromatic rings. The number of hydrogen-bond acceptors (Lipinski definition) is 4. The predicted molar refractivity (Wildman–Crippen MR) is 204 cm³/mol. The molecule has 3 unspecified atom stereocenters. The summed E-state index contributed by atoms with van der Waals surface area (Å²) in [5.74, 6) is -0.196. The highest BCUT2D eigenvalue weighted by Gasteiger charge is 2.26. The number of hydrogen-bond donors (Lipinski definition) is 4. The van der Waals surface area contributed by atoms with Crippen LogP contribution in [0.25, 0.3) is 0 Å². The molecular weight excluding hydrogens is 582 g/mol. The molecule has 0 radical (unpaired) electrons. The van der Waals surface area contributed by atoms with E-state index in [1.807, 2.05) is 0 Å². The Morgan fingerprint density at radius 1 is 0.511 bits per heavy atom. The van der Waals surface area contributed by atoms with Crippen LogP contribution in [0.2, 0.25) is 0 Å². The van der Waals surface area contributed by atoms with Crippen molar-refractivity contribution in [3.63, 3.8) is 0 Å². The van der Waals surface area contributed by atoms with Gasteiger partial charge >= 0.3 is 0 Å². The van der Waals surface area contributed by atoms with Gasteiger partial charge in [0.15, 0.2) is 0 Å². The van der Waals surface area contributed by atoms with Crippen LogP contribution in [0.3, 0.4) is 0 Å². The van der Waals surface area contributed by atoms with Crippen molar-refractivity contribution < 1.29 is 20.1 Å². The number of nitrogens with one attached hydrogen (secondary N) is 1. The van der Waals surface area contributed by atoms with E-state index in [1.54, 1.807) is 0 Å². The third kappa shape index (κ3) is 32.9. The minimum absolute atomic E-state index is 0.196. The van der Waals surface area contributed by atoms with Crippen LogP contribution in [0.4, 0.5) is 0 Å². The number of carbonyl (C=O) groups is 1. The Bertz CT molecular complexity index is 734. The average Bonchev–Trinajstić information content (AvgIpc) is 3.07. The number of aliphatic hydroxyl groups excluding tert-OH is 3. The van der Waals surface area contributed by atoms with Gasteiger partial charge < -0.3 is 20.6 Å². The van der Waals surface area contributed by atoms with Gasteiger partial charge in [0.1, 0.15) is 6.10 Å². The van der Waals surface area contributed by atoms with Crippen molar-refractivity contribution in [2.24, 2.45) is 0 Å². The molecule has 3 atom stereocenters. The molecule has 0 fully saturated rings. The van der Waals surface area contributed by atoms with E-state index >= 15 is 0 Å². The van der Waals surface area contributed by atoms with Crippen LogP contribution in [0.5, 0.6) is 0 Å². The highest BCUT2D eigenvalue weighted by atomic mass is 16.3. The molecule has 0 bridgehead atoms. The molecule has 4 N–H and O–H groups in total. The standard InChI is InChI=1S/C42H79NO4/c1-3-5-7-9-11-13-14-15-16-17-18-19-20-21-22-23-24-25-26-27-29-30-32-34-36-40(45)42(47)39(38-44)43-41(46)37-35-33-31-28-12-10-8-6-4-2/h24-25,28-31,39-40,42,44-45,47H,3-23,26-27,32-38H2,1-2H3,(H,43,46)/b25-24+,30-29+,31-28-. The fourth-order valence-electron chi connectivity index (χ4n) is 6.00. The lowest BCUT2D eigenvalue weighted by Crippen LogP contribution is -2.50. The van der Waals surface area contributed by atoms with Gasteiger partial charge in [-0.15, -0.1) is 0 Å². The highest BCUT2D eigenvalue weighted by molar-refractivity contribution is 5.76. The van der Waals surface area contributed by atoms with Gasteiger partial charge in [-0.3, -0.25) is 4.79 Å². The predicted octanol–water partition coefficient (Wildman–Crippen LogP) is 11.2. The number of rotatable bonds is 36. The lowest BCUT2D eigenvalue weighted by atomic mass is 10.0. The van der Waals surface area contributed by atoms with Crippen molar-refractivity contribution in [1.29, 1.82) is 0 Å². The van der Waals surface area contributed by atoms with Crippen molar-refractivity contribution in [1.82, 2.24) is 5.32 Å². The lowest BCUT2D eigenvalue weighted by molar-refractivity contribution is -0.124. The molecule has 0 saturated heterocycles. The molecule has 0 rings (SSSR count). The molecule has 47 heavy (non-hydrogen) atoms. The Labute approximate surface area is 292 Å². The van der Waals surface area contributed by atoms with Crippen LogP contribution in [-0.4, -0.2) is 46.1 Å². The molecule has 0 aromatic heterocycles. The average molecular weight is 662 g/mol. The molecule has 0 aromatic carbocycles. The fraction of sp³-hybridized carbons (Fsp3) is 0.833. The molecule has 1 amide bonds. The highest BCUT2D eigenvalue weighted by Crippen LogP contribution is 2.14. The summed E-state index contributed by atoms with van der Waals surface area (Å²) in [4.78, 5) is 12.3. The normalized spacial score (nSPS) is 14.1. The van der Waals surface area contributed by atoms with Gasteiger partial charge in [0.05, 0.1) is 18.8 Å². The summed E-state index contributed by atoms with van der Waals surface area (Å²) in [6.45, 7) is 4.10. The molecule has 0 aliphatic rings. The van der Waals surface area contributed by atoms with Crippen LogP contribution >= 0.6 is 0 Å². The molecular formula is C42H79NO4. The molecule has 5 heteroatoms. The maximum atomic E-state index is 12.3. The minimum atomic E-state index is -1.18. The van der Waals surface area contributed by atoms with Gasteiger partial charge in [0, 0.05) is 6.42 Å². The zero-order valence-corrected chi connectivity index (χ0v) is 31.2. The Balaban J connectivity index is 3.68. The van der Waals surface area contributed by atoms with Gasteiger partial charge in [-0.2, -0.15) is 0 Å². The number of unbranched alkanes of at least 4 members (excludes halogenated alkanes) is 22. The quantitative estimate of drug-likeness (QED) is 0.0397. The van der Waals surface area contributed by atoms with Gasteiger partial charge in [-0.1, -0.05) is 159 Å². The van der Waals surface area contributed by atoms with E-state index in [2.05, 4.69) is 55.6 Å². The first-order chi connectivity index (χ1) is 23.1. The maximum Gasteiger partial charge on any atom is 0.220 e. The third-order valence-electron chi connectivity index (χ3n) is 9.19. The molecule has 0 aliphatic heterocycles. The number of aliphatic hydroxyl groups is 3. The van der Waals surface area contributed by atoms with E-state index in [9.17, 15) is 20.1 Å². The number of carbonyl (C=O) groups excluding carboxylic acids is 1. The molecule has 0 heterocycles. The molecule has 276 valence electrons. The third-order valence-corrected chi connectivity index (χ3v) is 9.19. The largest absolute Gasteiger partial charge is 0.394 e. The SMILES string of the molecule is CCCCCC/C=C\CCCC(=O)NC(CO)C(O)C(O)CCC/C=C/CC/C=C/CCCCCCCCCCCCCCCCC. The summed E-state index contributed by atoms with van der Waals surface area (Å²) in [6, 6.07) is -0.844. The maximum absolute atomic E-state index is 12.3. The van der Waals surface area contributed by atoms with E-state index in [0.29, 0.717) is 12.8 Å². The van der Waals surface area contributed by atoms with E-state index in [4.69, 9.17) is 0 Å². The first-order valence-corrected chi connectivity index (χ1v) is 20.3. The zero-order chi connectivity index (χ0) is 34.5. The van der Waals surface area contributed by atoms with E-state index < -0.39 is 24.9 Å². The number of allylic oxidation sites excluding steroid dienone is 6. The van der Waals surface area contributed by atoms with Gasteiger partial charge in [-0.05, 0) is 70.6 Å². The second kappa shape index (κ2) is 37.4. The summed E-state index contributed by atoms with van der Waals surface area (Å²) in [5, 5.41) is 33.3. The second-order valence-corrected chi connectivity index (χ2v) is 13.8. The van der Waals surface area contributed by atoms with Crippen LogP contribution in [-0.2, 0) is 4.79 Å². The number of amides is 1. The summed E-state index contributed by atoms with van der Waals surface area (Å²) in [5.41, 5.74) is 0. The smallest absolute Gasteiger partial charge is 0.220 e. The van der Waals surface area contributed by atoms with Crippen molar-refractivity contribution in [3.05, 3.63) is 36.5 Å². The Morgan fingerprint density at radius 2 is 0.872 bits per heavy atom. The summed E-state index contributed by atoms with van der Waals surface area (Å²) in [6.07, 6.45) is 45.6. The first kappa shape index (κ1) is 45.6. The summed E-state index contributed by atoms with van der Waals surface area (Å²) in [7, 11) is 0. The Hall–Kier alpha value is -1.43. The second-order valence-electron chi connectivity index (χ2n) is 13.8. The molecule has 0 saturated carbocycles. The Morgan fingerprint density at radius 3 is 1.32 bits per heavy atom. The van der Waals surface area contributed by atoms with Crippen LogP contribution in [0, 0.1) is 0 Å². The monoisotopic (exact) mass is 662 g/mol. The summed E-state index contributed by atoms with van der Waals surface area (Å²) < 4.78 is 0.